The maximum atomic E-state index is 5.11. The first-order chi connectivity index (χ1) is 9.61. The van der Waals surface area contributed by atoms with E-state index in [1.807, 2.05) is 33.2 Å². The van der Waals surface area contributed by atoms with E-state index >= 15 is 0 Å². The molecule has 0 aromatic carbocycles. The van der Waals surface area contributed by atoms with Crippen LogP contribution in [0.1, 0.15) is 22.7 Å². The molecule has 3 aromatic rings. The molecule has 0 aliphatic carbocycles. The summed E-state index contributed by atoms with van der Waals surface area (Å²) in [5.41, 5.74) is 3.50. The van der Waals surface area contributed by atoms with Gasteiger partial charge in [-0.1, -0.05) is 10.3 Å². The summed E-state index contributed by atoms with van der Waals surface area (Å²) in [4.78, 5) is 6.43. The van der Waals surface area contributed by atoms with Gasteiger partial charge in [0.15, 0.2) is 0 Å². The van der Waals surface area contributed by atoms with E-state index in [4.69, 9.17) is 9.05 Å². The molecule has 0 aliphatic heterocycles. The Labute approximate surface area is 116 Å². The smallest absolute Gasteiger partial charge is 0.257 e. The van der Waals surface area contributed by atoms with Crippen molar-refractivity contribution in [1.82, 2.24) is 20.2 Å². The number of rotatable bonds is 4. The molecule has 6 nitrogen and oxygen atoms in total. The highest BCUT2D eigenvalue weighted by molar-refractivity contribution is 5.75. The van der Waals surface area contributed by atoms with Crippen LogP contribution in [-0.4, -0.2) is 27.2 Å². The summed E-state index contributed by atoms with van der Waals surface area (Å²) in [5.74, 6) is 0.830. The monoisotopic (exact) mass is 272 g/mol. The molecule has 0 atom stereocenters. The minimum atomic E-state index is 0.584. The van der Waals surface area contributed by atoms with Gasteiger partial charge in [-0.25, -0.2) is 4.98 Å². The highest BCUT2D eigenvalue weighted by Crippen LogP contribution is 2.18. The van der Waals surface area contributed by atoms with Crippen molar-refractivity contribution >= 4 is 11.1 Å². The topological polar surface area (TPSA) is 68.2 Å². The van der Waals surface area contributed by atoms with Gasteiger partial charge in [0.25, 0.3) is 5.71 Å². The Morgan fingerprint density at radius 2 is 1.95 bits per heavy atom. The van der Waals surface area contributed by atoms with Crippen LogP contribution in [0, 0.1) is 13.8 Å². The number of fused-ring (bicyclic) bond motifs is 1. The average molecular weight is 272 g/mol. The molecular weight excluding hydrogens is 256 g/mol. The minimum Gasteiger partial charge on any atom is -0.361 e. The van der Waals surface area contributed by atoms with Crippen molar-refractivity contribution in [3.8, 4) is 0 Å². The predicted molar refractivity (Wildman–Crippen MR) is 73.0 cm³/mol. The molecule has 0 aliphatic rings. The Balaban J connectivity index is 1.73. The normalized spacial score (nSPS) is 11.6. The lowest BCUT2D eigenvalue weighted by molar-refractivity contribution is 0.302. The molecule has 0 bridgehead atoms. The van der Waals surface area contributed by atoms with E-state index in [0.29, 0.717) is 5.71 Å². The molecule has 0 amide bonds. The fourth-order valence-electron chi connectivity index (χ4n) is 2.21. The largest absolute Gasteiger partial charge is 0.361 e. The summed E-state index contributed by atoms with van der Waals surface area (Å²) in [6, 6.07) is 4.01. The molecule has 0 spiro atoms. The number of hydrogen-bond acceptors (Lipinski definition) is 6. The molecule has 0 radical (unpaired) electrons. The summed E-state index contributed by atoms with van der Waals surface area (Å²) >= 11 is 0. The Morgan fingerprint density at radius 3 is 2.70 bits per heavy atom. The molecule has 3 aromatic heterocycles. The molecule has 0 fully saturated rings. The van der Waals surface area contributed by atoms with Gasteiger partial charge in [0.05, 0.1) is 16.8 Å². The second kappa shape index (κ2) is 5.05. The van der Waals surface area contributed by atoms with Crippen molar-refractivity contribution in [1.29, 1.82) is 0 Å². The second-order valence-corrected chi connectivity index (χ2v) is 5.07. The van der Waals surface area contributed by atoms with Crippen LogP contribution in [0.3, 0.4) is 0 Å². The number of aromatic nitrogens is 3. The summed E-state index contributed by atoms with van der Waals surface area (Å²) < 4.78 is 10.2. The van der Waals surface area contributed by atoms with Crippen LogP contribution < -0.4 is 0 Å². The minimum absolute atomic E-state index is 0.584. The van der Waals surface area contributed by atoms with Crippen molar-refractivity contribution in [2.24, 2.45) is 0 Å². The zero-order chi connectivity index (χ0) is 14.1. The van der Waals surface area contributed by atoms with Gasteiger partial charge < -0.3 is 9.05 Å². The predicted octanol–water partition coefficient (Wildman–Crippen LogP) is 2.46. The van der Waals surface area contributed by atoms with Crippen LogP contribution in [0.5, 0.6) is 0 Å². The molecule has 6 heteroatoms. The van der Waals surface area contributed by atoms with Crippen molar-refractivity contribution in [2.45, 2.75) is 26.9 Å². The molecule has 20 heavy (non-hydrogen) atoms. The first kappa shape index (κ1) is 12.8. The van der Waals surface area contributed by atoms with E-state index < -0.39 is 0 Å². The maximum Gasteiger partial charge on any atom is 0.257 e. The zero-order valence-electron chi connectivity index (χ0n) is 11.8. The third-order valence-electron chi connectivity index (χ3n) is 3.13. The number of nitrogens with zero attached hydrogens (tertiary/aromatic N) is 4. The highest BCUT2D eigenvalue weighted by Gasteiger charge is 2.09. The molecule has 0 saturated carbocycles. The van der Waals surface area contributed by atoms with Gasteiger partial charge in [0.1, 0.15) is 5.76 Å². The lowest BCUT2D eigenvalue weighted by atomic mass is 10.2. The first-order valence-electron chi connectivity index (χ1n) is 6.43. The van der Waals surface area contributed by atoms with Crippen LogP contribution in [0.2, 0.25) is 0 Å². The third kappa shape index (κ3) is 2.55. The molecule has 104 valence electrons. The molecular formula is C14H16N4O2. The lowest BCUT2D eigenvalue weighted by Gasteiger charge is -2.14. The quantitative estimate of drug-likeness (QED) is 0.726. The molecule has 0 unspecified atom stereocenters. The summed E-state index contributed by atoms with van der Waals surface area (Å²) in [5, 5.41) is 8.87. The van der Waals surface area contributed by atoms with Crippen molar-refractivity contribution in [3.05, 3.63) is 41.0 Å². The summed E-state index contributed by atoms with van der Waals surface area (Å²) in [6.07, 6.45) is 1.82. The lowest BCUT2D eigenvalue weighted by Crippen LogP contribution is -2.17. The van der Waals surface area contributed by atoms with Crippen molar-refractivity contribution in [3.63, 3.8) is 0 Å². The van der Waals surface area contributed by atoms with Gasteiger partial charge >= 0.3 is 0 Å². The van der Waals surface area contributed by atoms with Gasteiger partial charge in [-0.2, -0.15) is 0 Å². The molecule has 3 heterocycles. The fourth-order valence-corrected chi connectivity index (χ4v) is 2.21. The van der Waals surface area contributed by atoms with Gasteiger partial charge in [0.2, 0.25) is 0 Å². The summed E-state index contributed by atoms with van der Waals surface area (Å²) in [7, 11) is 2.04. The van der Waals surface area contributed by atoms with E-state index in [0.717, 1.165) is 41.2 Å². The number of hydrogen-bond donors (Lipinski definition) is 0. The second-order valence-electron chi connectivity index (χ2n) is 5.07. The number of aryl methyl sites for hydroxylation is 2. The van der Waals surface area contributed by atoms with Crippen LogP contribution in [-0.2, 0) is 13.1 Å². The van der Waals surface area contributed by atoms with E-state index in [9.17, 15) is 0 Å². The van der Waals surface area contributed by atoms with Crippen LogP contribution in [0.4, 0.5) is 0 Å². The first-order valence-corrected chi connectivity index (χ1v) is 6.43. The van der Waals surface area contributed by atoms with Gasteiger partial charge in [0, 0.05) is 25.4 Å². The number of pyridine rings is 1. The Morgan fingerprint density at radius 1 is 1.10 bits per heavy atom. The van der Waals surface area contributed by atoms with E-state index in [2.05, 4.69) is 26.3 Å². The van der Waals surface area contributed by atoms with Crippen molar-refractivity contribution < 1.29 is 9.05 Å². The Kier molecular flexibility index (Phi) is 3.23. The van der Waals surface area contributed by atoms with Crippen molar-refractivity contribution in [2.75, 3.05) is 7.05 Å². The Hall–Kier alpha value is -2.21. The third-order valence-corrected chi connectivity index (χ3v) is 3.13. The van der Waals surface area contributed by atoms with E-state index in [-0.39, 0.29) is 0 Å². The fraction of sp³-hybridized carbons (Fsp3) is 0.357. The SMILES string of the molecule is Cc1cc(CN(C)Cc2cnc3onc(C)c3c2)no1. The summed E-state index contributed by atoms with van der Waals surface area (Å²) in [6.45, 7) is 5.32. The van der Waals surface area contributed by atoms with E-state index in [1.54, 1.807) is 0 Å². The molecule has 0 N–H and O–H groups in total. The zero-order valence-corrected chi connectivity index (χ0v) is 11.8. The molecule has 0 saturated heterocycles. The van der Waals surface area contributed by atoms with Crippen LogP contribution in [0.15, 0.2) is 27.4 Å². The van der Waals surface area contributed by atoms with Gasteiger partial charge in [-0.15, -0.1) is 0 Å². The van der Waals surface area contributed by atoms with E-state index in [1.165, 1.54) is 0 Å². The van der Waals surface area contributed by atoms with Crippen LogP contribution >= 0.6 is 0 Å². The van der Waals surface area contributed by atoms with Crippen LogP contribution in [0.25, 0.3) is 11.1 Å². The Bertz CT molecular complexity index is 732. The molecule has 3 rings (SSSR count). The van der Waals surface area contributed by atoms with Gasteiger partial charge in [-0.05, 0) is 32.5 Å². The van der Waals surface area contributed by atoms with Gasteiger partial charge in [-0.3, -0.25) is 4.90 Å². The standard InChI is InChI=1S/C14H16N4O2/c1-9-4-12(17-19-9)8-18(3)7-11-5-13-10(2)16-20-14(13)15-6-11/h4-6H,7-8H2,1-3H3. The maximum absolute atomic E-state index is 5.11. The highest BCUT2D eigenvalue weighted by atomic mass is 16.5. The average Bonchev–Trinajstić information content (AvgIpc) is 2.97.